The van der Waals surface area contributed by atoms with Crippen LogP contribution in [0.15, 0.2) is 73.7 Å². The zero-order chi connectivity index (χ0) is 18.5. The summed E-state index contributed by atoms with van der Waals surface area (Å²) in [6.07, 6.45) is 10.6. The Morgan fingerprint density at radius 3 is 2.43 bits per heavy atom. The van der Waals surface area contributed by atoms with Gasteiger partial charge >= 0.3 is 0 Å². The minimum Gasteiger partial charge on any atom is -0.297 e. The van der Waals surface area contributed by atoms with E-state index in [2.05, 4.69) is 26.1 Å². The second-order valence-electron chi connectivity index (χ2n) is 6.24. The second kappa shape index (κ2) is 5.61. The lowest BCUT2D eigenvalue weighted by molar-refractivity contribution is 0.709. The van der Waals surface area contributed by atoms with Crippen molar-refractivity contribution in [3.05, 3.63) is 73.7 Å². The second-order valence-corrected chi connectivity index (χ2v) is 6.24. The van der Waals surface area contributed by atoms with Gasteiger partial charge in [0, 0.05) is 36.4 Å². The predicted molar refractivity (Wildman–Crippen MR) is 103 cm³/mol. The zero-order valence-electron chi connectivity index (χ0n) is 14.5. The fourth-order valence-electron chi connectivity index (χ4n) is 3.32. The predicted octanol–water partition coefficient (Wildman–Crippen LogP) is 2.67. The lowest BCUT2D eigenvalue weighted by atomic mass is 10.2. The number of para-hydroxylation sites is 1. The molecule has 0 aliphatic rings. The molecule has 9 heteroatoms. The van der Waals surface area contributed by atoms with Crippen molar-refractivity contribution in [1.29, 1.82) is 0 Å². The third-order valence-electron chi connectivity index (χ3n) is 4.62. The molecule has 0 bridgehead atoms. The number of hydrogen-bond donors (Lipinski definition) is 1. The van der Waals surface area contributed by atoms with Crippen LogP contribution in [0.3, 0.4) is 0 Å². The molecule has 0 saturated heterocycles. The van der Waals surface area contributed by atoms with Gasteiger partial charge in [-0.15, -0.1) is 0 Å². The zero-order valence-corrected chi connectivity index (χ0v) is 14.5. The number of rotatable bonds is 3. The van der Waals surface area contributed by atoms with E-state index in [9.17, 15) is 0 Å². The highest BCUT2D eigenvalue weighted by Crippen LogP contribution is 2.29. The van der Waals surface area contributed by atoms with Crippen LogP contribution < -0.4 is 0 Å². The number of H-pyrrole nitrogens is 1. The van der Waals surface area contributed by atoms with Crippen molar-refractivity contribution in [2.75, 3.05) is 0 Å². The first-order valence-corrected chi connectivity index (χ1v) is 8.69. The Balaban J connectivity index is 1.70. The summed E-state index contributed by atoms with van der Waals surface area (Å²) in [6.45, 7) is 0. The molecule has 0 amide bonds. The highest BCUT2D eigenvalue weighted by molar-refractivity contribution is 6.06. The Morgan fingerprint density at radius 2 is 1.61 bits per heavy atom. The molecule has 9 nitrogen and oxygen atoms in total. The molecule has 0 aliphatic carbocycles. The summed E-state index contributed by atoms with van der Waals surface area (Å²) in [5.41, 5.74) is 2.83. The van der Waals surface area contributed by atoms with Crippen LogP contribution in [-0.2, 0) is 0 Å². The van der Waals surface area contributed by atoms with Crippen LogP contribution in [0.4, 0.5) is 0 Å². The molecule has 134 valence electrons. The quantitative estimate of drug-likeness (QED) is 0.519. The molecule has 6 rings (SSSR count). The summed E-state index contributed by atoms with van der Waals surface area (Å²) in [4.78, 5) is 22.6. The van der Waals surface area contributed by atoms with E-state index < -0.39 is 0 Å². The normalized spacial score (nSPS) is 11.6. The smallest absolute Gasteiger partial charge is 0.255 e. The van der Waals surface area contributed by atoms with Crippen molar-refractivity contribution in [3.8, 4) is 17.8 Å². The van der Waals surface area contributed by atoms with Gasteiger partial charge < -0.3 is 0 Å². The number of nitrogens with one attached hydrogen (secondary N) is 1. The molecule has 5 heterocycles. The van der Waals surface area contributed by atoms with Crippen molar-refractivity contribution in [2.24, 2.45) is 0 Å². The number of pyridine rings is 1. The maximum Gasteiger partial charge on any atom is 0.255 e. The Kier molecular flexibility index (Phi) is 2.98. The van der Waals surface area contributed by atoms with Crippen molar-refractivity contribution in [1.82, 2.24) is 43.8 Å². The minimum atomic E-state index is 0.481. The third-order valence-corrected chi connectivity index (χ3v) is 4.62. The van der Waals surface area contributed by atoms with Crippen molar-refractivity contribution in [2.45, 2.75) is 0 Å². The van der Waals surface area contributed by atoms with E-state index in [1.807, 2.05) is 47.3 Å². The number of aromatic amines is 1. The Morgan fingerprint density at radius 1 is 0.786 bits per heavy atom. The summed E-state index contributed by atoms with van der Waals surface area (Å²) in [6, 6.07) is 12.0. The maximum atomic E-state index is 4.72. The number of aromatic nitrogens is 9. The molecule has 1 N–H and O–H groups in total. The number of imidazole rings is 1. The fraction of sp³-hybridized carbons (Fsp3) is 0. The van der Waals surface area contributed by atoms with Crippen molar-refractivity contribution >= 4 is 21.9 Å². The van der Waals surface area contributed by atoms with E-state index >= 15 is 0 Å². The van der Waals surface area contributed by atoms with Crippen LogP contribution in [-0.4, -0.2) is 43.8 Å². The van der Waals surface area contributed by atoms with Gasteiger partial charge in [-0.1, -0.05) is 18.2 Å². The number of nitrogens with zero attached hydrogens (tertiary/aromatic N) is 8. The number of fused-ring (bicyclic) bond motifs is 3. The van der Waals surface area contributed by atoms with Crippen LogP contribution in [0.2, 0.25) is 0 Å². The Hall–Kier alpha value is -4.27. The van der Waals surface area contributed by atoms with Gasteiger partial charge in [-0.2, -0.15) is 15.0 Å². The molecule has 0 fully saturated rings. The van der Waals surface area contributed by atoms with Gasteiger partial charge in [0.2, 0.25) is 11.9 Å². The van der Waals surface area contributed by atoms with Gasteiger partial charge in [0.15, 0.2) is 0 Å². The van der Waals surface area contributed by atoms with Gasteiger partial charge in [0.1, 0.15) is 6.33 Å². The van der Waals surface area contributed by atoms with Gasteiger partial charge in [-0.25, -0.2) is 9.67 Å². The first kappa shape index (κ1) is 14.9. The summed E-state index contributed by atoms with van der Waals surface area (Å²) >= 11 is 0. The van der Waals surface area contributed by atoms with Crippen LogP contribution in [0.5, 0.6) is 0 Å². The summed E-state index contributed by atoms with van der Waals surface area (Å²) in [7, 11) is 0. The molecule has 0 saturated carbocycles. The van der Waals surface area contributed by atoms with E-state index in [0.29, 0.717) is 17.8 Å². The maximum absolute atomic E-state index is 4.72. The summed E-state index contributed by atoms with van der Waals surface area (Å²) in [5, 5.41) is 4.08. The van der Waals surface area contributed by atoms with E-state index in [4.69, 9.17) is 9.97 Å². The first-order chi connectivity index (χ1) is 13.9. The van der Waals surface area contributed by atoms with Crippen molar-refractivity contribution < 1.29 is 0 Å². The van der Waals surface area contributed by atoms with Crippen LogP contribution in [0.25, 0.3) is 39.8 Å². The molecule has 0 unspecified atom stereocenters. The average Bonchev–Trinajstić information content (AvgIpc) is 3.33. The third kappa shape index (κ3) is 2.10. The van der Waals surface area contributed by atoms with E-state index in [0.717, 1.165) is 21.9 Å². The van der Waals surface area contributed by atoms with Gasteiger partial charge in [-0.05, 0) is 18.2 Å². The van der Waals surface area contributed by atoms with E-state index in [1.165, 1.54) is 0 Å². The lowest BCUT2D eigenvalue weighted by Crippen LogP contribution is -2.15. The largest absolute Gasteiger partial charge is 0.297 e. The van der Waals surface area contributed by atoms with Gasteiger partial charge in [0.05, 0.1) is 16.6 Å². The van der Waals surface area contributed by atoms with Gasteiger partial charge in [-0.3, -0.25) is 19.2 Å². The van der Waals surface area contributed by atoms with Crippen LogP contribution in [0, 0.1) is 0 Å². The lowest BCUT2D eigenvalue weighted by Gasteiger charge is -2.12. The van der Waals surface area contributed by atoms with E-state index in [-0.39, 0.29) is 0 Å². The van der Waals surface area contributed by atoms with Gasteiger partial charge in [0.25, 0.3) is 5.95 Å². The molecule has 1 aromatic carbocycles. The molecule has 6 aromatic rings. The number of benzene rings is 1. The van der Waals surface area contributed by atoms with Crippen LogP contribution in [0.1, 0.15) is 0 Å². The molecular formula is C19H13N9. The molecule has 0 aliphatic heterocycles. The monoisotopic (exact) mass is 367 g/mol. The first-order valence-electron chi connectivity index (χ1n) is 8.69. The molecule has 0 atom stereocenters. The summed E-state index contributed by atoms with van der Waals surface area (Å²) in [5.74, 6) is 1.48. The van der Waals surface area contributed by atoms with E-state index in [1.54, 1.807) is 34.2 Å². The topological polar surface area (TPSA) is 95.0 Å². The molecule has 5 aromatic heterocycles. The molecule has 0 radical (unpaired) electrons. The standard InChI is InChI=1S/C19H13N9/c1-2-5-14-13(4-1)16-15(6-3-7-21-16)28(14)19-24-17(26-10-8-20-12-26)23-18(25-19)27-11-9-22-27/h1-12,22H. The highest BCUT2D eigenvalue weighted by atomic mass is 15.4. The van der Waals surface area contributed by atoms with Crippen LogP contribution >= 0.6 is 0 Å². The molecule has 28 heavy (non-hydrogen) atoms. The summed E-state index contributed by atoms with van der Waals surface area (Å²) < 4.78 is 5.49. The Labute approximate surface area is 157 Å². The minimum absolute atomic E-state index is 0.481. The fourth-order valence-corrected chi connectivity index (χ4v) is 3.32. The highest BCUT2D eigenvalue weighted by Gasteiger charge is 2.17. The molecule has 0 spiro atoms. The number of hydrogen-bond acceptors (Lipinski definition) is 5. The molecular weight excluding hydrogens is 354 g/mol. The SMILES string of the molecule is c1ccc2c(c1)c1ncccc1n2-c1nc(-n2ccnc2)nc(-n2cc[nH]2)n1. The average molecular weight is 367 g/mol. The van der Waals surface area contributed by atoms with Crippen molar-refractivity contribution in [3.63, 3.8) is 0 Å². The Bertz CT molecular complexity index is 1360.